The zero-order valence-corrected chi connectivity index (χ0v) is 9.38. The van der Waals surface area contributed by atoms with Gasteiger partial charge in [-0.1, -0.05) is 0 Å². The van der Waals surface area contributed by atoms with Crippen molar-refractivity contribution in [2.45, 2.75) is 6.10 Å². The molecule has 0 saturated heterocycles. The van der Waals surface area contributed by atoms with Gasteiger partial charge in [0, 0.05) is 25.7 Å². The van der Waals surface area contributed by atoms with Crippen molar-refractivity contribution in [3.05, 3.63) is 28.3 Å². The topological polar surface area (TPSA) is 108 Å². The van der Waals surface area contributed by atoms with E-state index in [9.17, 15) is 15.2 Å². The summed E-state index contributed by atoms with van der Waals surface area (Å²) in [6, 6.07) is 4.33. The van der Waals surface area contributed by atoms with Gasteiger partial charge in [0.25, 0.3) is 5.69 Å². The molecule has 7 heteroatoms. The molecule has 0 saturated carbocycles. The Labute approximate surface area is 98.2 Å². The van der Waals surface area contributed by atoms with E-state index in [-0.39, 0.29) is 18.8 Å². The van der Waals surface area contributed by atoms with Crippen molar-refractivity contribution < 1.29 is 15.1 Å². The molecule has 94 valence electrons. The van der Waals surface area contributed by atoms with E-state index in [1.54, 1.807) is 13.1 Å². The summed E-state index contributed by atoms with van der Waals surface area (Å²) in [5.74, 6) is 0. The van der Waals surface area contributed by atoms with Gasteiger partial charge in [0.15, 0.2) is 0 Å². The molecule has 1 rings (SSSR count). The molecule has 0 radical (unpaired) electrons. The molecule has 1 unspecified atom stereocenters. The van der Waals surface area contributed by atoms with Gasteiger partial charge in [0.05, 0.1) is 29.0 Å². The highest BCUT2D eigenvalue weighted by molar-refractivity contribution is 5.71. The van der Waals surface area contributed by atoms with Crippen LogP contribution in [-0.2, 0) is 0 Å². The number of hydrogen-bond acceptors (Lipinski definition) is 6. The molecule has 1 atom stereocenters. The van der Waals surface area contributed by atoms with Crippen LogP contribution < -0.4 is 10.6 Å². The molecule has 0 aliphatic heterocycles. The number of nitrogens with one attached hydrogen (secondary N) is 2. The molecule has 0 amide bonds. The summed E-state index contributed by atoms with van der Waals surface area (Å²) < 4.78 is 0. The van der Waals surface area contributed by atoms with E-state index in [0.29, 0.717) is 11.4 Å². The lowest BCUT2D eigenvalue weighted by Crippen LogP contribution is -2.23. The molecular weight excluding hydrogens is 226 g/mol. The standard InChI is InChI=1S/C10H15N3O4/c1-11-9-3-2-7(13(16)17)4-10(9)12-5-8(15)6-14/h2-4,8,11-12,14-15H,5-6H2,1H3. The highest BCUT2D eigenvalue weighted by atomic mass is 16.6. The van der Waals surface area contributed by atoms with Gasteiger partial charge in [-0.2, -0.15) is 0 Å². The number of rotatable bonds is 6. The van der Waals surface area contributed by atoms with Gasteiger partial charge in [-0.3, -0.25) is 10.1 Å². The lowest BCUT2D eigenvalue weighted by Gasteiger charge is -2.13. The Hall–Kier alpha value is -1.86. The first-order valence-electron chi connectivity index (χ1n) is 5.07. The van der Waals surface area contributed by atoms with E-state index in [1.807, 2.05) is 0 Å². The molecule has 1 aromatic rings. The summed E-state index contributed by atoms with van der Waals surface area (Å²) in [7, 11) is 1.69. The second-order valence-electron chi connectivity index (χ2n) is 3.45. The largest absolute Gasteiger partial charge is 0.394 e. The molecule has 0 aliphatic rings. The highest BCUT2D eigenvalue weighted by Crippen LogP contribution is 2.26. The van der Waals surface area contributed by atoms with E-state index in [4.69, 9.17) is 5.11 Å². The van der Waals surface area contributed by atoms with E-state index < -0.39 is 11.0 Å². The van der Waals surface area contributed by atoms with Crippen LogP contribution in [0.1, 0.15) is 0 Å². The van der Waals surface area contributed by atoms with Crippen LogP contribution in [0.2, 0.25) is 0 Å². The second-order valence-corrected chi connectivity index (χ2v) is 3.45. The zero-order chi connectivity index (χ0) is 12.8. The molecule has 17 heavy (non-hydrogen) atoms. The van der Waals surface area contributed by atoms with Crippen molar-refractivity contribution in [3.63, 3.8) is 0 Å². The average molecular weight is 241 g/mol. The number of benzene rings is 1. The van der Waals surface area contributed by atoms with E-state index in [0.717, 1.165) is 0 Å². The van der Waals surface area contributed by atoms with Gasteiger partial charge >= 0.3 is 0 Å². The molecule has 0 fully saturated rings. The van der Waals surface area contributed by atoms with Crippen LogP contribution in [0.15, 0.2) is 18.2 Å². The van der Waals surface area contributed by atoms with Gasteiger partial charge in [-0.05, 0) is 6.07 Å². The minimum atomic E-state index is -0.904. The number of nitro benzene ring substituents is 1. The van der Waals surface area contributed by atoms with Crippen molar-refractivity contribution >= 4 is 17.1 Å². The van der Waals surface area contributed by atoms with Crippen molar-refractivity contribution in [3.8, 4) is 0 Å². The lowest BCUT2D eigenvalue weighted by molar-refractivity contribution is -0.384. The summed E-state index contributed by atoms with van der Waals surface area (Å²) in [5.41, 5.74) is 1.15. The van der Waals surface area contributed by atoms with Gasteiger partial charge in [-0.25, -0.2) is 0 Å². The first-order chi connectivity index (χ1) is 8.08. The van der Waals surface area contributed by atoms with Crippen molar-refractivity contribution in [1.29, 1.82) is 0 Å². The van der Waals surface area contributed by atoms with Crippen LogP contribution >= 0.6 is 0 Å². The van der Waals surface area contributed by atoms with Crippen LogP contribution in [0.25, 0.3) is 0 Å². The maximum Gasteiger partial charge on any atom is 0.271 e. The number of anilines is 2. The quantitative estimate of drug-likeness (QED) is 0.424. The Morgan fingerprint density at radius 2 is 2.18 bits per heavy atom. The van der Waals surface area contributed by atoms with E-state index in [1.165, 1.54) is 12.1 Å². The fourth-order valence-electron chi connectivity index (χ4n) is 1.30. The normalized spacial score (nSPS) is 11.9. The van der Waals surface area contributed by atoms with Crippen LogP contribution in [0.3, 0.4) is 0 Å². The Bertz CT molecular complexity index is 397. The van der Waals surface area contributed by atoms with Crippen molar-refractivity contribution in [1.82, 2.24) is 0 Å². The first-order valence-corrected chi connectivity index (χ1v) is 5.07. The zero-order valence-electron chi connectivity index (χ0n) is 9.38. The predicted molar refractivity (Wildman–Crippen MR) is 64.2 cm³/mol. The van der Waals surface area contributed by atoms with Gasteiger partial charge < -0.3 is 20.8 Å². The Morgan fingerprint density at radius 3 is 2.71 bits per heavy atom. The van der Waals surface area contributed by atoms with Crippen LogP contribution in [0, 0.1) is 10.1 Å². The SMILES string of the molecule is CNc1ccc([N+](=O)[O-])cc1NCC(O)CO. The number of nitrogens with zero attached hydrogens (tertiary/aromatic N) is 1. The molecule has 0 spiro atoms. The third-order valence-corrected chi connectivity index (χ3v) is 2.22. The number of hydrogen-bond donors (Lipinski definition) is 4. The smallest absolute Gasteiger partial charge is 0.271 e. The molecule has 0 aromatic heterocycles. The number of aliphatic hydroxyl groups excluding tert-OH is 2. The maximum absolute atomic E-state index is 10.6. The average Bonchev–Trinajstić information content (AvgIpc) is 2.35. The summed E-state index contributed by atoms with van der Waals surface area (Å²) in [5, 5.41) is 34.2. The number of nitro groups is 1. The monoisotopic (exact) mass is 241 g/mol. The van der Waals surface area contributed by atoms with Crippen LogP contribution in [-0.4, -0.2) is 41.4 Å². The van der Waals surface area contributed by atoms with Crippen LogP contribution in [0.5, 0.6) is 0 Å². The molecule has 7 nitrogen and oxygen atoms in total. The van der Waals surface area contributed by atoms with Gasteiger partial charge in [0.2, 0.25) is 0 Å². The van der Waals surface area contributed by atoms with Crippen LogP contribution in [0.4, 0.5) is 17.1 Å². The molecule has 1 aromatic carbocycles. The summed E-state index contributed by atoms with van der Waals surface area (Å²) in [6.07, 6.45) is -0.904. The van der Waals surface area contributed by atoms with E-state index >= 15 is 0 Å². The third-order valence-electron chi connectivity index (χ3n) is 2.22. The fraction of sp³-hybridized carbons (Fsp3) is 0.400. The number of aliphatic hydroxyl groups is 2. The molecule has 0 aliphatic carbocycles. The molecular formula is C10H15N3O4. The fourth-order valence-corrected chi connectivity index (χ4v) is 1.30. The highest BCUT2D eigenvalue weighted by Gasteiger charge is 2.11. The van der Waals surface area contributed by atoms with Crippen molar-refractivity contribution in [2.24, 2.45) is 0 Å². The van der Waals surface area contributed by atoms with E-state index in [2.05, 4.69) is 10.6 Å². The number of non-ortho nitro benzene ring substituents is 1. The Morgan fingerprint density at radius 1 is 1.47 bits per heavy atom. The maximum atomic E-state index is 10.6. The molecule has 0 bridgehead atoms. The summed E-state index contributed by atoms with van der Waals surface area (Å²) in [6.45, 7) is -0.247. The second kappa shape index (κ2) is 6.02. The lowest BCUT2D eigenvalue weighted by atomic mass is 10.2. The third kappa shape index (κ3) is 3.58. The summed E-state index contributed by atoms with van der Waals surface area (Å²) in [4.78, 5) is 10.1. The predicted octanol–water partition coefficient (Wildman–Crippen LogP) is 0.402. The molecule has 4 N–H and O–H groups in total. The minimum Gasteiger partial charge on any atom is -0.394 e. The molecule has 0 heterocycles. The first kappa shape index (κ1) is 13.2. The minimum absolute atomic E-state index is 0.0370. The van der Waals surface area contributed by atoms with Gasteiger partial charge in [-0.15, -0.1) is 0 Å². The van der Waals surface area contributed by atoms with Gasteiger partial charge in [0.1, 0.15) is 0 Å². The van der Waals surface area contributed by atoms with Crippen molar-refractivity contribution in [2.75, 3.05) is 30.8 Å². The Balaban J connectivity index is 2.86. The summed E-state index contributed by atoms with van der Waals surface area (Å²) >= 11 is 0. The Kier molecular flexibility index (Phi) is 4.68.